The minimum atomic E-state index is 0.450. The van der Waals surface area contributed by atoms with Crippen molar-refractivity contribution >= 4 is 40.1 Å². The van der Waals surface area contributed by atoms with Crippen LogP contribution >= 0.6 is 34.2 Å². The molecule has 1 N–H and O–H groups in total. The summed E-state index contributed by atoms with van der Waals surface area (Å²) in [7, 11) is 2.20. The molecule has 1 saturated carbocycles. The third kappa shape index (κ3) is 5.05. The summed E-state index contributed by atoms with van der Waals surface area (Å²) in [6, 6.07) is 8.74. The molecule has 1 aliphatic heterocycles. The lowest BCUT2D eigenvalue weighted by molar-refractivity contribution is 0.248. The van der Waals surface area contributed by atoms with Crippen molar-refractivity contribution in [2.75, 3.05) is 25.5 Å². The van der Waals surface area contributed by atoms with Crippen molar-refractivity contribution in [1.29, 1.82) is 0 Å². The van der Waals surface area contributed by atoms with Gasteiger partial charge in [-0.05, 0) is 93.0 Å². The summed E-state index contributed by atoms with van der Waals surface area (Å²) in [6.45, 7) is 5.35. The van der Waals surface area contributed by atoms with Crippen LogP contribution in [0.1, 0.15) is 50.8 Å². The van der Waals surface area contributed by atoms with E-state index < -0.39 is 0 Å². The lowest BCUT2D eigenvalue weighted by Crippen LogP contribution is -2.30. The number of hydrogen-bond acceptors (Lipinski definition) is 5. The number of nitrogens with zero attached hydrogens (tertiary/aromatic N) is 5. The van der Waals surface area contributed by atoms with Gasteiger partial charge in [-0.2, -0.15) is 0 Å². The Hall–Kier alpha value is -1.71. The molecule has 5 rings (SSSR count). The highest BCUT2D eigenvalue weighted by molar-refractivity contribution is 14.1. The van der Waals surface area contributed by atoms with Gasteiger partial charge in [0.25, 0.3) is 0 Å². The van der Waals surface area contributed by atoms with E-state index in [0.29, 0.717) is 17.9 Å². The second kappa shape index (κ2) is 9.88. The van der Waals surface area contributed by atoms with Crippen LogP contribution in [0.5, 0.6) is 0 Å². The van der Waals surface area contributed by atoms with E-state index in [0.717, 1.165) is 70.1 Å². The fourth-order valence-corrected chi connectivity index (χ4v) is 5.09. The Labute approximate surface area is 214 Å². The summed E-state index contributed by atoms with van der Waals surface area (Å²) >= 11 is 8.81. The number of aromatic nitrogens is 4. The topological polar surface area (TPSA) is 58.9 Å². The van der Waals surface area contributed by atoms with Gasteiger partial charge >= 0.3 is 0 Å². The zero-order valence-corrected chi connectivity index (χ0v) is 22.1. The smallest absolute Gasteiger partial charge is 0.223 e. The molecule has 1 aliphatic carbocycles. The molecule has 0 radical (unpaired) electrons. The van der Waals surface area contributed by atoms with Crippen LogP contribution in [0.15, 0.2) is 30.5 Å². The van der Waals surface area contributed by atoms with Crippen molar-refractivity contribution in [2.24, 2.45) is 0 Å². The SMILES string of the molecule is CCCn1c(C2CCN(C)CC2)nc(-c2ccc(I)c(Cl)c2)c1-c1ccnc(NC2CC2)n1. The normalized spacial score (nSPS) is 17.5. The summed E-state index contributed by atoms with van der Waals surface area (Å²) in [6.07, 6.45) is 7.52. The monoisotopic (exact) mass is 576 g/mol. The Morgan fingerprint density at radius 2 is 1.91 bits per heavy atom. The van der Waals surface area contributed by atoms with Gasteiger partial charge in [0.2, 0.25) is 5.95 Å². The summed E-state index contributed by atoms with van der Waals surface area (Å²) < 4.78 is 3.46. The molecule has 1 aromatic carbocycles. The van der Waals surface area contributed by atoms with Gasteiger partial charge in [-0.15, -0.1) is 0 Å². The first-order valence-electron chi connectivity index (χ1n) is 11.9. The zero-order chi connectivity index (χ0) is 22.9. The van der Waals surface area contributed by atoms with Gasteiger partial charge in [-0.25, -0.2) is 15.0 Å². The number of piperidine rings is 1. The second-order valence-electron chi connectivity index (χ2n) is 9.21. The van der Waals surface area contributed by atoms with Crippen LogP contribution in [0.2, 0.25) is 5.02 Å². The number of imidazole rings is 1. The Balaban J connectivity index is 1.66. The van der Waals surface area contributed by atoms with Gasteiger partial charge in [0.1, 0.15) is 5.82 Å². The van der Waals surface area contributed by atoms with Crippen LogP contribution in [0.25, 0.3) is 22.6 Å². The third-order valence-corrected chi connectivity index (χ3v) is 8.10. The maximum Gasteiger partial charge on any atom is 0.223 e. The van der Waals surface area contributed by atoms with Crippen molar-refractivity contribution in [3.8, 4) is 22.6 Å². The number of anilines is 1. The van der Waals surface area contributed by atoms with Crippen molar-refractivity contribution in [2.45, 2.75) is 57.5 Å². The van der Waals surface area contributed by atoms with Gasteiger partial charge in [0.15, 0.2) is 0 Å². The summed E-state index contributed by atoms with van der Waals surface area (Å²) in [4.78, 5) is 17.1. The molecule has 3 heterocycles. The Morgan fingerprint density at radius 1 is 1.12 bits per heavy atom. The highest BCUT2D eigenvalue weighted by Gasteiger charge is 2.29. The molecule has 0 amide bonds. The molecule has 33 heavy (non-hydrogen) atoms. The van der Waals surface area contributed by atoms with E-state index in [1.807, 2.05) is 18.3 Å². The van der Waals surface area contributed by atoms with Crippen LogP contribution in [-0.2, 0) is 6.54 Å². The highest BCUT2D eigenvalue weighted by Crippen LogP contribution is 2.38. The number of likely N-dealkylation sites (tertiary alicyclic amines) is 1. The predicted molar refractivity (Wildman–Crippen MR) is 143 cm³/mol. The van der Waals surface area contributed by atoms with E-state index in [1.165, 1.54) is 18.7 Å². The van der Waals surface area contributed by atoms with Crippen molar-refractivity contribution < 1.29 is 0 Å². The molecule has 0 spiro atoms. The lowest BCUT2D eigenvalue weighted by Gasteiger charge is -2.29. The highest BCUT2D eigenvalue weighted by atomic mass is 127. The van der Waals surface area contributed by atoms with Crippen LogP contribution in [-0.4, -0.2) is 50.6 Å². The van der Waals surface area contributed by atoms with E-state index in [4.69, 9.17) is 21.6 Å². The number of halogens is 2. The number of hydrogen-bond donors (Lipinski definition) is 1. The average molecular weight is 577 g/mol. The van der Waals surface area contributed by atoms with Gasteiger partial charge in [0, 0.05) is 33.8 Å². The first kappa shape index (κ1) is 23.1. The molecule has 0 atom stereocenters. The molecule has 8 heteroatoms. The Kier molecular flexibility index (Phi) is 6.90. The molecule has 174 valence electrons. The quantitative estimate of drug-likeness (QED) is 0.347. The van der Waals surface area contributed by atoms with Crippen LogP contribution < -0.4 is 5.32 Å². The standard InChI is InChI=1S/C25H30ClIN6/c1-3-12-33-23(21-8-11-28-25(30-21)29-18-5-6-18)22(17-4-7-20(27)19(26)15-17)31-24(33)16-9-13-32(2)14-10-16/h4,7-8,11,15-16,18H,3,5-6,9-10,12-14H2,1-2H3,(H,28,29,30). The molecule has 0 unspecified atom stereocenters. The lowest BCUT2D eigenvalue weighted by atomic mass is 9.96. The van der Waals surface area contributed by atoms with Crippen LogP contribution in [0, 0.1) is 3.57 Å². The van der Waals surface area contributed by atoms with Gasteiger partial charge in [0.05, 0.1) is 22.1 Å². The molecular weight excluding hydrogens is 547 g/mol. The maximum absolute atomic E-state index is 6.54. The number of benzene rings is 1. The fourth-order valence-electron chi connectivity index (χ4n) is 4.57. The van der Waals surface area contributed by atoms with Crippen LogP contribution in [0.4, 0.5) is 5.95 Å². The van der Waals surface area contributed by atoms with E-state index in [2.05, 4.69) is 68.5 Å². The van der Waals surface area contributed by atoms with Gasteiger partial charge < -0.3 is 14.8 Å². The van der Waals surface area contributed by atoms with Gasteiger partial charge in [-0.3, -0.25) is 0 Å². The third-order valence-electron chi connectivity index (χ3n) is 6.53. The molecule has 2 fully saturated rings. The average Bonchev–Trinajstić information content (AvgIpc) is 3.55. The minimum absolute atomic E-state index is 0.450. The first-order chi connectivity index (χ1) is 16.0. The van der Waals surface area contributed by atoms with E-state index >= 15 is 0 Å². The summed E-state index contributed by atoms with van der Waals surface area (Å²) in [5.41, 5.74) is 3.99. The molecule has 3 aromatic rings. The number of rotatable bonds is 7. The molecule has 2 aliphatic rings. The van der Waals surface area contributed by atoms with Gasteiger partial charge in [-0.1, -0.05) is 24.6 Å². The van der Waals surface area contributed by atoms with Crippen molar-refractivity contribution in [3.63, 3.8) is 0 Å². The zero-order valence-electron chi connectivity index (χ0n) is 19.2. The van der Waals surface area contributed by atoms with Crippen molar-refractivity contribution in [1.82, 2.24) is 24.4 Å². The van der Waals surface area contributed by atoms with Crippen molar-refractivity contribution in [3.05, 3.63) is 44.9 Å². The molecule has 0 bridgehead atoms. The molecule has 2 aromatic heterocycles. The van der Waals surface area contributed by atoms with E-state index in [9.17, 15) is 0 Å². The fraction of sp³-hybridized carbons (Fsp3) is 0.480. The second-order valence-corrected chi connectivity index (χ2v) is 10.8. The maximum atomic E-state index is 6.54. The molecular formula is C25H30ClIN6. The Bertz CT molecular complexity index is 1130. The first-order valence-corrected chi connectivity index (χ1v) is 13.3. The summed E-state index contributed by atoms with van der Waals surface area (Å²) in [5, 5.41) is 4.20. The molecule has 1 saturated heterocycles. The number of nitrogens with one attached hydrogen (secondary N) is 1. The Morgan fingerprint density at radius 3 is 2.61 bits per heavy atom. The summed E-state index contributed by atoms with van der Waals surface area (Å²) in [5.74, 6) is 2.33. The largest absolute Gasteiger partial charge is 0.351 e. The predicted octanol–water partition coefficient (Wildman–Crippen LogP) is 6.06. The van der Waals surface area contributed by atoms with Crippen LogP contribution in [0.3, 0.4) is 0 Å². The van der Waals surface area contributed by atoms with E-state index in [1.54, 1.807) is 0 Å². The van der Waals surface area contributed by atoms with E-state index in [-0.39, 0.29) is 0 Å². The molecule has 6 nitrogen and oxygen atoms in total. The minimum Gasteiger partial charge on any atom is -0.351 e.